The first kappa shape index (κ1) is 18.1. The molecule has 0 unspecified atom stereocenters. The summed E-state index contributed by atoms with van der Waals surface area (Å²) in [6.45, 7) is 6.65. The van der Waals surface area contributed by atoms with Gasteiger partial charge < -0.3 is 18.0 Å². The molecule has 4 nitrogen and oxygen atoms in total. The van der Waals surface area contributed by atoms with E-state index in [1.54, 1.807) is 14.2 Å². The molecule has 0 aliphatic rings. The van der Waals surface area contributed by atoms with Gasteiger partial charge in [-0.05, 0) is 19.3 Å². The van der Waals surface area contributed by atoms with Crippen molar-refractivity contribution in [3.05, 3.63) is 0 Å². The SMILES string of the molecule is CCCCOCCC[Si](OC)(OC)OCCCC. The van der Waals surface area contributed by atoms with E-state index in [4.69, 9.17) is 18.0 Å². The monoisotopic (exact) mass is 278 g/mol. The van der Waals surface area contributed by atoms with Crippen molar-refractivity contribution < 1.29 is 18.0 Å². The Morgan fingerprint density at radius 3 is 1.89 bits per heavy atom. The van der Waals surface area contributed by atoms with E-state index in [-0.39, 0.29) is 0 Å². The number of ether oxygens (including phenoxy) is 1. The first-order chi connectivity index (χ1) is 8.74. The molecule has 0 aromatic rings. The summed E-state index contributed by atoms with van der Waals surface area (Å²) in [6, 6.07) is 0.829. The minimum Gasteiger partial charge on any atom is -0.381 e. The topological polar surface area (TPSA) is 36.9 Å². The zero-order valence-corrected chi connectivity index (χ0v) is 13.5. The summed E-state index contributed by atoms with van der Waals surface area (Å²) in [7, 11) is 0.931. The summed E-state index contributed by atoms with van der Waals surface area (Å²) in [6.07, 6.45) is 5.41. The van der Waals surface area contributed by atoms with Crippen LogP contribution in [-0.4, -0.2) is 42.8 Å². The lowest BCUT2D eigenvalue weighted by atomic mass is 10.4. The smallest absolute Gasteiger partial charge is 0.381 e. The summed E-state index contributed by atoms with van der Waals surface area (Å²) in [5, 5.41) is 0. The van der Waals surface area contributed by atoms with Gasteiger partial charge in [0.25, 0.3) is 0 Å². The van der Waals surface area contributed by atoms with Gasteiger partial charge in [0.2, 0.25) is 0 Å². The van der Waals surface area contributed by atoms with E-state index < -0.39 is 8.80 Å². The molecule has 0 fully saturated rings. The number of hydrogen-bond acceptors (Lipinski definition) is 4. The summed E-state index contributed by atoms with van der Waals surface area (Å²) >= 11 is 0. The second-order valence-corrected chi connectivity index (χ2v) is 7.33. The Hall–Kier alpha value is 0.0569. The molecular weight excluding hydrogens is 248 g/mol. The molecule has 0 rings (SSSR count). The lowest BCUT2D eigenvalue weighted by molar-refractivity contribution is 0.0878. The lowest BCUT2D eigenvalue weighted by Crippen LogP contribution is -2.44. The van der Waals surface area contributed by atoms with Crippen molar-refractivity contribution in [2.45, 2.75) is 52.0 Å². The molecule has 0 atom stereocenters. The van der Waals surface area contributed by atoms with Crippen LogP contribution in [0.3, 0.4) is 0 Å². The molecule has 0 amide bonds. The normalized spacial score (nSPS) is 12.0. The van der Waals surface area contributed by atoms with Crippen LogP contribution in [0.15, 0.2) is 0 Å². The van der Waals surface area contributed by atoms with Gasteiger partial charge in [-0.2, -0.15) is 0 Å². The zero-order valence-electron chi connectivity index (χ0n) is 12.5. The fourth-order valence-corrected chi connectivity index (χ4v) is 3.58. The number of hydrogen-bond donors (Lipinski definition) is 0. The largest absolute Gasteiger partial charge is 0.500 e. The van der Waals surface area contributed by atoms with Gasteiger partial charge in [0.15, 0.2) is 0 Å². The van der Waals surface area contributed by atoms with Gasteiger partial charge >= 0.3 is 8.80 Å². The van der Waals surface area contributed by atoms with Crippen molar-refractivity contribution >= 4 is 8.80 Å². The van der Waals surface area contributed by atoms with Gasteiger partial charge in [-0.1, -0.05) is 26.7 Å². The Morgan fingerprint density at radius 1 is 0.778 bits per heavy atom. The molecule has 0 spiro atoms. The molecule has 0 saturated carbocycles. The highest BCUT2D eigenvalue weighted by Crippen LogP contribution is 2.16. The first-order valence-corrected chi connectivity index (χ1v) is 8.99. The third kappa shape index (κ3) is 8.21. The van der Waals surface area contributed by atoms with Gasteiger partial charge in [-0.3, -0.25) is 0 Å². The van der Waals surface area contributed by atoms with Gasteiger partial charge in [-0.15, -0.1) is 0 Å². The Balaban J connectivity index is 3.79. The summed E-state index contributed by atoms with van der Waals surface area (Å²) in [5.74, 6) is 0. The van der Waals surface area contributed by atoms with E-state index in [2.05, 4.69) is 13.8 Å². The van der Waals surface area contributed by atoms with E-state index in [0.29, 0.717) is 0 Å². The highest BCUT2D eigenvalue weighted by Gasteiger charge is 2.38. The summed E-state index contributed by atoms with van der Waals surface area (Å²) < 4.78 is 22.4. The Labute approximate surface area is 113 Å². The summed E-state index contributed by atoms with van der Waals surface area (Å²) in [5.41, 5.74) is 0. The third-order valence-electron chi connectivity index (χ3n) is 2.86. The van der Waals surface area contributed by atoms with Crippen molar-refractivity contribution in [1.82, 2.24) is 0 Å². The van der Waals surface area contributed by atoms with E-state index >= 15 is 0 Å². The second-order valence-electron chi connectivity index (χ2n) is 4.36. The molecule has 0 N–H and O–H groups in total. The van der Waals surface area contributed by atoms with Crippen LogP contribution in [0.5, 0.6) is 0 Å². The molecule has 0 heterocycles. The average Bonchev–Trinajstić information content (AvgIpc) is 2.41. The Bertz CT molecular complexity index is 174. The van der Waals surface area contributed by atoms with Gasteiger partial charge in [-0.25, -0.2) is 0 Å². The average molecular weight is 278 g/mol. The summed E-state index contributed by atoms with van der Waals surface area (Å²) in [4.78, 5) is 0. The minimum atomic E-state index is -2.43. The van der Waals surface area contributed by atoms with Crippen LogP contribution < -0.4 is 0 Å². The predicted octanol–water partition coefficient (Wildman–Crippen LogP) is 3.24. The van der Waals surface area contributed by atoms with Gasteiger partial charge in [0.1, 0.15) is 0 Å². The maximum Gasteiger partial charge on any atom is 0.500 e. The quantitative estimate of drug-likeness (QED) is 0.383. The third-order valence-corrected chi connectivity index (χ3v) is 5.71. The number of rotatable bonds is 13. The van der Waals surface area contributed by atoms with E-state index in [1.807, 2.05) is 0 Å². The van der Waals surface area contributed by atoms with Crippen molar-refractivity contribution in [3.8, 4) is 0 Å². The van der Waals surface area contributed by atoms with E-state index in [0.717, 1.165) is 51.5 Å². The fourth-order valence-electron chi connectivity index (χ4n) is 1.59. The molecule has 0 aromatic carbocycles. The molecule has 0 aromatic heterocycles. The second kappa shape index (κ2) is 12.1. The van der Waals surface area contributed by atoms with Crippen molar-refractivity contribution in [2.75, 3.05) is 34.0 Å². The first-order valence-electron chi connectivity index (χ1n) is 7.06. The highest BCUT2D eigenvalue weighted by molar-refractivity contribution is 6.60. The molecule has 0 radical (unpaired) electrons. The Morgan fingerprint density at radius 2 is 1.33 bits per heavy atom. The predicted molar refractivity (Wildman–Crippen MR) is 75.8 cm³/mol. The lowest BCUT2D eigenvalue weighted by Gasteiger charge is -2.26. The van der Waals surface area contributed by atoms with Crippen LogP contribution in [0.1, 0.15) is 46.0 Å². The molecule has 0 bridgehead atoms. The van der Waals surface area contributed by atoms with Crippen LogP contribution in [0.4, 0.5) is 0 Å². The highest BCUT2D eigenvalue weighted by atomic mass is 28.4. The van der Waals surface area contributed by atoms with Gasteiger partial charge in [0, 0.05) is 40.1 Å². The zero-order chi connectivity index (χ0) is 13.7. The molecule has 0 aliphatic heterocycles. The van der Waals surface area contributed by atoms with Crippen LogP contribution >= 0.6 is 0 Å². The van der Waals surface area contributed by atoms with Gasteiger partial charge in [0.05, 0.1) is 0 Å². The molecule has 110 valence electrons. The van der Waals surface area contributed by atoms with E-state index in [9.17, 15) is 0 Å². The molecular formula is C13H30O4Si. The van der Waals surface area contributed by atoms with Crippen LogP contribution in [0.2, 0.25) is 6.04 Å². The van der Waals surface area contributed by atoms with Crippen LogP contribution in [-0.2, 0) is 18.0 Å². The number of unbranched alkanes of at least 4 members (excludes halogenated alkanes) is 2. The maximum atomic E-state index is 5.84. The molecule has 5 heteroatoms. The van der Waals surface area contributed by atoms with Crippen molar-refractivity contribution in [1.29, 1.82) is 0 Å². The fraction of sp³-hybridized carbons (Fsp3) is 1.00. The Kier molecular flexibility index (Phi) is 12.1. The maximum absolute atomic E-state index is 5.84. The van der Waals surface area contributed by atoms with E-state index in [1.165, 1.54) is 6.42 Å². The van der Waals surface area contributed by atoms with Crippen LogP contribution in [0, 0.1) is 0 Å². The standard InChI is InChI=1S/C13H30O4Si/c1-5-7-10-16-11-9-13-18(14-3,15-4)17-12-8-6-2/h5-13H2,1-4H3. The molecule has 18 heavy (non-hydrogen) atoms. The minimum absolute atomic E-state index is 0.723. The van der Waals surface area contributed by atoms with Crippen molar-refractivity contribution in [2.24, 2.45) is 0 Å². The van der Waals surface area contributed by atoms with Crippen molar-refractivity contribution in [3.63, 3.8) is 0 Å². The molecule has 0 saturated heterocycles. The van der Waals surface area contributed by atoms with Crippen LogP contribution in [0.25, 0.3) is 0 Å². The molecule has 0 aliphatic carbocycles.